The summed E-state index contributed by atoms with van der Waals surface area (Å²) in [5.41, 5.74) is 5.91. The zero-order chi connectivity index (χ0) is 32.2. The summed E-state index contributed by atoms with van der Waals surface area (Å²) in [6, 6.07) is 51.1. The molecule has 3 heterocycles. The van der Waals surface area contributed by atoms with Gasteiger partial charge in [-0.1, -0.05) is 60.7 Å². The van der Waals surface area contributed by atoms with Gasteiger partial charge in [0.15, 0.2) is 0 Å². The number of carboxylic acids is 1. The van der Waals surface area contributed by atoms with Crippen LogP contribution in [-0.2, 0) is 0 Å². The normalized spacial score (nSPS) is 11.3. The molecule has 0 radical (unpaired) electrons. The first-order valence-electron chi connectivity index (χ1n) is 14.8. The second-order valence-electron chi connectivity index (χ2n) is 10.6. The molecule has 0 aliphatic heterocycles. The Labute approximate surface area is 285 Å². The molecule has 0 saturated carbocycles. The van der Waals surface area contributed by atoms with Gasteiger partial charge in [0.25, 0.3) is 0 Å². The molecule has 0 aliphatic rings. The van der Waals surface area contributed by atoms with Crippen molar-refractivity contribution in [2.75, 3.05) is 4.90 Å². The zero-order valence-electron chi connectivity index (χ0n) is 24.9. The minimum absolute atomic E-state index is 0.197. The molecule has 3 aromatic heterocycles. The molecule has 0 bridgehead atoms. The number of allylic oxidation sites excluding steroid dienone is 1. The van der Waals surface area contributed by atoms with Crippen LogP contribution in [0.25, 0.3) is 41.6 Å². The Morgan fingerprint density at radius 3 is 1.57 bits per heavy atom. The molecule has 0 amide bonds. The maximum absolute atomic E-state index is 11.2. The van der Waals surface area contributed by atoms with Crippen LogP contribution >= 0.6 is 34.0 Å². The highest BCUT2D eigenvalue weighted by atomic mass is 32.1. The summed E-state index contributed by atoms with van der Waals surface area (Å²) in [7, 11) is 0. The van der Waals surface area contributed by atoms with E-state index in [1.165, 1.54) is 37.2 Å². The van der Waals surface area contributed by atoms with E-state index in [-0.39, 0.29) is 5.56 Å². The van der Waals surface area contributed by atoms with Crippen molar-refractivity contribution in [3.8, 4) is 36.0 Å². The molecular formula is C40H26N2O2S3. The number of nitriles is 1. The number of carboxylic acid groups (broad SMARTS) is 1. The number of thiophene rings is 3. The summed E-state index contributed by atoms with van der Waals surface area (Å²) in [6.45, 7) is 0. The van der Waals surface area contributed by atoms with Crippen molar-refractivity contribution >= 4 is 68.7 Å². The summed E-state index contributed by atoms with van der Waals surface area (Å²) >= 11 is 5.18. The fraction of sp³-hybridized carbons (Fsp3) is 0. The lowest BCUT2D eigenvalue weighted by molar-refractivity contribution is 0.0697. The largest absolute Gasteiger partial charge is 0.478 e. The van der Waals surface area contributed by atoms with Gasteiger partial charge >= 0.3 is 5.97 Å². The predicted molar refractivity (Wildman–Crippen MR) is 198 cm³/mol. The fourth-order valence-electron chi connectivity index (χ4n) is 5.28. The van der Waals surface area contributed by atoms with Gasteiger partial charge in [0.1, 0.15) is 0 Å². The van der Waals surface area contributed by atoms with Crippen LogP contribution in [0.2, 0.25) is 0 Å². The van der Waals surface area contributed by atoms with Crippen LogP contribution in [0.3, 0.4) is 0 Å². The van der Waals surface area contributed by atoms with E-state index >= 15 is 0 Å². The number of hydrogen-bond donors (Lipinski definition) is 1. The molecule has 0 unspecified atom stereocenters. The Hall–Kier alpha value is -5.52. The summed E-state index contributed by atoms with van der Waals surface area (Å²) in [5.74, 6) is -0.986. The van der Waals surface area contributed by atoms with E-state index in [9.17, 15) is 10.1 Å². The first-order valence-corrected chi connectivity index (χ1v) is 17.3. The first kappa shape index (κ1) is 30.2. The predicted octanol–water partition coefficient (Wildman–Crippen LogP) is 12.1. The molecule has 4 nitrogen and oxygen atoms in total. The van der Waals surface area contributed by atoms with Crippen molar-refractivity contribution in [1.29, 1.82) is 5.26 Å². The average molecular weight is 663 g/mol. The highest BCUT2D eigenvalue weighted by molar-refractivity contribution is 7.27. The Morgan fingerprint density at radius 1 is 0.553 bits per heavy atom. The van der Waals surface area contributed by atoms with Crippen LogP contribution in [0.5, 0.6) is 0 Å². The van der Waals surface area contributed by atoms with Crippen molar-refractivity contribution in [2.24, 2.45) is 0 Å². The SMILES string of the molecule is N#C/C(=C\c1ccc(-c2ccc(-c3ccc(-c4ccc(N(c5ccccc5)c5ccccc5)cc4)s3)s2)s1)c1ccc(C(=O)O)cc1. The summed E-state index contributed by atoms with van der Waals surface area (Å²) in [5, 5.41) is 18.9. The van der Waals surface area contributed by atoms with E-state index in [1.807, 2.05) is 24.3 Å². The number of anilines is 3. The van der Waals surface area contributed by atoms with Gasteiger partial charge in [-0.2, -0.15) is 5.26 Å². The summed E-state index contributed by atoms with van der Waals surface area (Å²) in [4.78, 5) is 20.4. The fourth-order valence-corrected chi connectivity index (χ4v) is 8.43. The van der Waals surface area contributed by atoms with Gasteiger partial charge in [0, 0.05) is 46.3 Å². The molecule has 0 aliphatic carbocycles. The zero-order valence-corrected chi connectivity index (χ0v) is 27.4. The van der Waals surface area contributed by atoms with Gasteiger partial charge < -0.3 is 10.0 Å². The molecule has 0 atom stereocenters. The molecule has 4 aromatic carbocycles. The highest BCUT2D eigenvalue weighted by Gasteiger charge is 2.14. The van der Waals surface area contributed by atoms with Crippen LogP contribution in [0, 0.1) is 11.3 Å². The van der Waals surface area contributed by atoms with Gasteiger partial charge in [-0.3, -0.25) is 0 Å². The third-order valence-corrected chi connectivity index (χ3v) is 11.3. The lowest BCUT2D eigenvalue weighted by atomic mass is 10.0. The van der Waals surface area contributed by atoms with Crippen LogP contribution < -0.4 is 4.90 Å². The molecule has 7 rings (SSSR count). The number of aromatic carboxylic acids is 1. The van der Waals surface area contributed by atoms with Crippen LogP contribution in [0.15, 0.2) is 146 Å². The third kappa shape index (κ3) is 6.57. The van der Waals surface area contributed by atoms with Gasteiger partial charge in [0.2, 0.25) is 0 Å². The standard InChI is InChI=1S/C40H26N2O2S3/c41-26-30(27-11-13-29(14-12-27)40(43)44)25-34-19-20-36(45-34)37-23-24-39(47-37)38-22-21-35(46-38)28-15-17-33(18-16-28)42(31-7-3-1-4-8-31)32-9-5-2-6-10-32/h1-25H,(H,43,44)/b30-25+. The molecule has 1 N–H and O–H groups in total. The molecule has 47 heavy (non-hydrogen) atoms. The van der Waals surface area contributed by atoms with Crippen LogP contribution in [0.1, 0.15) is 20.8 Å². The number of carbonyl (C=O) groups is 1. The Kier molecular flexibility index (Phi) is 8.63. The summed E-state index contributed by atoms with van der Waals surface area (Å²) in [6.07, 6.45) is 1.86. The van der Waals surface area contributed by atoms with Crippen LogP contribution in [0.4, 0.5) is 17.1 Å². The number of rotatable bonds is 9. The quantitative estimate of drug-likeness (QED) is 0.156. The van der Waals surface area contributed by atoms with Crippen molar-refractivity contribution in [1.82, 2.24) is 0 Å². The minimum Gasteiger partial charge on any atom is -0.478 e. The monoisotopic (exact) mass is 662 g/mol. The van der Waals surface area contributed by atoms with E-state index in [0.717, 1.165) is 26.8 Å². The molecule has 7 heteroatoms. The van der Waals surface area contributed by atoms with Crippen LogP contribution in [-0.4, -0.2) is 11.1 Å². The Morgan fingerprint density at radius 2 is 1.02 bits per heavy atom. The second-order valence-corrected chi connectivity index (χ2v) is 13.9. The average Bonchev–Trinajstić information content (AvgIpc) is 3.90. The van der Waals surface area contributed by atoms with Gasteiger partial charge in [-0.25, -0.2) is 4.79 Å². The second kappa shape index (κ2) is 13.5. The van der Waals surface area contributed by atoms with Gasteiger partial charge in [-0.15, -0.1) is 34.0 Å². The van der Waals surface area contributed by atoms with Crippen molar-refractivity contribution in [2.45, 2.75) is 0 Å². The van der Waals surface area contributed by atoms with Crippen molar-refractivity contribution < 1.29 is 9.90 Å². The Bertz CT molecular complexity index is 2180. The maximum atomic E-state index is 11.2. The van der Waals surface area contributed by atoms with E-state index in [1.54, 1.807) is 46.1 Å². The van der Waals surface area contributed by atoms with E-state index in [4.69, 9.17) is 5.11 Å². The minimum atomic E-state index is -0.986. The topological polar surface area (TPSA) is 64.3 Å². The third-order valence-electron chi connectivity index (χ3n) is 7.61. The number of nitrogens with zero attached hydrogens (tertiary/aromatic N) is 2. The number of para-hydroxylation sites is 2. The molecule has 0 spiro atoms. The maximum Gasteiger partial charge on any atom is 0.335 e. The highest BCUT2D eigenvalue weighted by Crippen LogP contribution is 2.43. The lowest BCUT2D eigenvalue weighted by Crippen LogP contribution is -2.09. The first-order chi connectivity index (χ1) is 23.1. The molecule has 0 saturated heterocycles. The van der Waals surface area contributed by atoms with E-state index in [0.29, 0.717) is 11.1 Å². The van der Waals surface area contributed by atoms with Gasteiger partial charge in [0.05, 0.1) is 17.2 Å². The molecular weight excluding hydrogens is 637 g/mol. The molecule has 7 aromatic rings. The number of benzene rings is 4. The van der Waals surface area contributed by atoms with E-state index in [2.05, 4.69) is 114 Å². The number of hydrogen-bond acceptors (Lipinski definition) is 6. The summed E-state index contributed by atoms with van der Waals surface area (Å²) < 4.78 is 0. The molecule has 226 valence electrons. The smallest absolute Gasteiger partial charge is 0.335 e. The Balaban J connectivity index is 1.09. The van der Waals surface area contributed by atoms with E-state index < -0.39 is 5.97 Å². The van der Waals surface area contributed by atoms with Gasteiger partial charge in [-0.05, 0) is 102 Å². The van der Waals surface area contributed by atoms with Crippen molar-refractivity contribution in [3.05, 3.63) is 162 Å². The van der Waals surface area contributed by atoms with Crippen molar-refractivity contribution in [3.63, 3.8) is 0 Å². The lowest BCUT2D eigenvalue weighted by Gasteiger charge is -2.25. The molecule has 0 fully saturated rings.